The topological polar surface area (TPSA) is 3.24 Å². The Kier molecular flexibility index (Phi) is 3.76. The molecule has 0 N–H and O–H groups in total. The van der Waals surface area contributed by atoms with Gasteiger partial charge in [-0.05, 0) is 32.4 Å². The second kappa shape index (κ2) is 4.69. The molecule has 0 aromatic heterocycles. The number of nitrogens with zero attached hydrogens (tertiary/aromatic N) is 1. The fraction of sp³-hybridized carbons (Fsp3) is 0.750. The molecule has 0 bridgehead atoms. The van der Waals surface area contributed by atoms with Crippen LogP contribution in [0, 0.1) is 0 Å². The van der Waals surface area contributed by atoms with Crippen LogP contribution >= 0.6 is 0 Å². The molecule has 1 nitrogen and oxygen atoms in total. The van der Waals surface area contributed by atoms with E-state index in [1.54, 1.807) is 0 Å². The molecule has 0 unspecified atom stereocenters. The maximum absolute atomic E-state index is 2.64. The van der Waals surface area contributed by atoms with Gasteiger partial charge in [0.1, 0.15) is 9.68 Å². The van der Waals surface area contributed by atoms with Crippen molar-refractivity contribution in [1.29, 1.82) is 0 Å². The minimum absolute atomic E-state index is 0.0295. The lowest BCUT2D eigenvalue weighted by atomic mass is 10.4. The van der Waals surface area contributed by atoms with Crippen molar-refractivity contribution in [3.8, 4) is 0 Å². The van der Waals surface area contributed by atoms with Crippen LogP contribution in [-0.2, 0) is 0 Å². The summed E-state index contributed by atoms with van der Waals surface area (Å²) >= 11 is 0. The normalized spacial score (nSPS) is 22.1. The summed E-state index contributed by atoms with van der Waals surface area (Å²) in [4.78, 5) is 0. The van der Waals surface area contributed by atoms with E-state index in [9.17, 15) is 0 Å². The first-order valence-corrected chi connectivity index (χ1v) is 5.75. The lowest BCUT2D eigenvalue weighted by Crippen LogP contribution is -2.22. The van der Waals surface area contributed by atoms with Gasteiger partial charge in [0, 0.05) is 0 Å². The largest absolute Gasteiger partial charge is 0.325 e. The summed E-state index contributed by atoms with van der Waals surface area (Å²) in [5, 5.41) is 0. The highest BCUT2D eigenvalue weighted by Crippen LogP contribution is 2.04. The van der Waals surface area contributed by atoms with Crippen molar-refractivity contribution in [2.75, 3.05) is 13.1 Å². The molecular formula is C8H17NSi. The summed E-state index contributed by atoms with van der Waals surface area (Å²) in [5.74, 6) is 0. The molecule has 1 fully saturated rings. The van der Waals surface area contributed by atoms with Crippen molar-refractivity contribution < 1.29 is 0 Å². The molecule has 0 aliphatic carbocycles. The molecule has 10 heavy (non-hydrogen) atoms. The molecule has 0 amide bonds. The Labute approximate surface area is 66.0 Å². The smallest absolute Gasteiger partial charge is 0.119 e. The van der Waals surface area contributed by atoms with Crippen molar-refractivity contribution in [3.63, 3.8) is 0 Å². The van der Waals surface area contributed by atoms with Gasteiger partial charge in [-0.15, -0.1) is 0 Å². The fourth-order valence-electron chi connectivity index (χ4n) is 1.36. The van der Waals surface area contributed by atoms with Crippen LogP contribution in [0.3, 0.4) is 0 Å². The summed E-state index contributed by atoms with van der Waals surface area (Å²) in [6.07, 6.45) is 6.39. The predicted octanol–water partition coefficient (Wildman–Crippen LogP) is 1.09. The number of hydrogen-bond donors (Lipinski definition) is 0. The third-order valence-electron chi connectivity index (χ3n) is 1.96. The third-order valence-corrected chi connectivity index (χ3v) is 3.66. The Morgan fingerprint density at radius 1 is 1.40 bits per heavy atom. The van der Waals surface area contributed by atoms with E-state index in [-0.39, 0.29) is 9.68 Å². The monoisotopic (exact) mass is 155 g/mol. The lowest BCUT2D eigenvalue weighted by molar-refractivity contribution is 0.556. The van der Waals surface area contributed by atoms with Gasteiger partial charge in [-0.2, -0.15) is 0 Å². The van der Waals surface area contributed by atoms with Crippen LogP contribution in [0.15, 0.2) is 11.8 Å². The molecule has 1 rings (SSSR count). The number of rotatable bonds is 3. The molecule has 0 spiro atoms. The zero-order valence-electron chi connectivity index (χ0n) is 6.84. The molecule has 1 aliphatic heterocycles. The summed E-state index contributed by atoms with van der Waals surface area (Å²) in [6, 6.07) is 0. The zero-order valence-corrected chi connectivity index (χ0v) is 8.26. The van der Waals surface area contributed by atoms with E-state index in [0.29, 0.717) is 0 Å². The predicted molar refractivity (Wildman–Crippen MR) is 48.8 cm³/mol. The SMILES string of the molecule is CCC=C[SiH2]N1CCCC1. The van der Waals surface area contributed by atoms with Gasteiger partial charge in [-0.1, -0.05) is 18.7 Å². The van der Waals surface area contributed by atoms with E-state index < -0.39 is 0 Å². The highest BCUT2D eigenvalue weighted by molar-refractivity contribution is 6.38. The van der Waals surface area contributed by atoms with Gasteiger partial charge in [0.25, 0.3) is 0 Å². The Bertz CT molecular complexity index is 106. The van der Waals surface area contributed by atoms with E-state index in [1.165, 1.54) is 32.4 Å². The number of allylic oxidation sites excluding steroid dienone is 1. The van der Waals surface area contributed by atoms with Gasteiger partial charge in [-0.3, -0.25) is 0 Å². The highest BCUT2D eigenvalue weighted by Gasteiger charge is 2.08. The van der Waals surface area contributed by atoms with Crippen LogP contribution in [-0.4, -0.2) is 27.3 Å². The Hall–Kier alpha value is -0.0831. The molecule has 0 aromatic carbocycles. The molecule has 0 aromatic rings. The van der Waals surface area contributed by atoms with Crippen LogP contribution in [0.4, 0.5) is 0 Å². The van der Waals surface area contributed by atoms with Gasteiger partial charge in [-0.25, -0.2) is 0 Å². The lowest BCUT2D eigenvalue weighted by Gasteiger charge is -2.09. The Morgan fingerprint density at radius 2 is 2.10 bits per heavy atom. The van der Waals surface area contributed by atoms with Gasteiger partial charge < -0.3 is 4.57 Å². The van der Waals surface area contributed by atoms with Crippen LogP contribution in [0.25, 0.3) is 0 Å². The molecule has 0 saturated carbocycles. The van der Waals surface area contributed by atoms with Crippen molar-refractivity contribution in [3.05, 3.63) is 11.8 Å². The van der Waals surface area contributed by atoms with Crippen LogP contribution in [0.5, 0.6) is 0 Å². The summed E-state index contributed by atoms with van der Waals surface area (Å²) in [7, 11) is 0.0295. The fourth-order valence-corrected chi connectivity index (χ4v) is 2.95. The Balaban J connectivity index is 2.06. The van der Waals surface area contributed by atoms with Gasteiger partial charge in [0.05, 0.1) is 0 Å². The van der Waals surface area contributed by atoms with Gasteiger partial charge >= 0.3 is 0 Å². The first kappa shape index (κ1) is 8.02. The average Bonchev–Trinajstić information content (AvgIpc) is 2.41. The van der Waals surface area contributed by atoms with E-state index in [0.717, 1.165) is 0 Å². The maximum Gasteiger partial charge on any atom is 0.119 e. The first-order chi connectivity index (χ1) is 4.93. The summed E-state index contributed by atoms with van der Waals surface area (Å²) < 4.78 is 2.64. The Morgan fingerprint density at radius 3 is 2.70 bits per heavy atom. The highest BCUT2D eigenvalue weighted by atomic mass is 28.2. The summed E-state index contributed by atoms with van der Waals surface area (Å²) in [5.41, 5.74) is 2.42. The second-order valence-electron chi connectivity index (χ2n) is 2.89. The van der Waals surface area contributed by atoms with Crippen LogP contribution in [0.1, 0.15) is 26.2 Å². The quantitative estimate of drug-likeness (QED) is 0.552. The zero-order chi connectivity index (χ0) is 7.23. The third kappa shape index (κ3) is 2.67. The van der Waals surface area contributed by atoms with Crippen molar-refractivity contribution in [1.82, 2.24) is 4.57 Å². The standard InChI is InChI=1S/C8H17NSi/c1-2-3-8-10-9-6-4-5-7-9/h3,8H,2,4-7,10H2,1H3. The summed E-state index contributed by atoms with van der Waals surface area (Å²) in [6.45, 7) is 4.95. The average molecular weight is 155 g/mol. The van der Waals surface area contributed by atoms with E-state index in [1.807, 2.05) is 0 Å². The molecule has 58 valence electrons. The maximum atomic E-state index is 2.64. The van der Waals surface area contributed by atoms with E-state index >= 15 is 0 Å². The molecule has 1 saturated heterocycles. The first-order valence-electron chi connectivity index (χ1n) is 4.31. The van der Waals surface area contributed by atoms with Gasteiger partial charge in [0.15, 0.2) is 0 Å². The molecular weight excluding hydrogens is 138 g/mol. The minimum Gasteiger partial charge on any atom is -0.325 e. The van der Waals surface area contributed by atoms with Crippen LogP contribution < -0.4 is 0 Å². The van der Waals surface area contributed by atoms with Crippen molar-refractivity contribution in [2.24, 2.45) is 0 Å². The molecule has 0 radical (unpaired) electrons. The number of hydrogen-bond acceptors (Lipinski definition) is 1. The molecule has 1 heterocycles. The molecule has 2 heteroatoms. The van der Waals surface area contributed by atoms with Crippen molar-refractivity contribution >= 4 is 9.68 Å². The molecule has 0 atom stereocenters. The van der Waals surface area contributed by atoms with Crippen LogP contribution in [0.2, 0.25) is 0 Å². The minimum atomic E-state index is 0.0295. The molecule has 1 aliphatic rings. The van der Waals surface area contributed by atoms with Crippen molar-refractivity contribution in [2.45, 2.75) is 26.2 Å². The van der Waals surface area contributed by atoms with E-state index in [4.69, 9.17) is 0 Å². The second-order valence-corrected chi connectivity index (χ2v) is 4.62. The van der Waals surface area contributed by atoms with Gasteiger partial charge in [0.2, 0.25) is 0 Å². The van der Waals surface area contributed by atoms with E-state index in [2.05, 4.69) is 23.3 Å².